The second kappa shape index (κ2) is 6.41. The number of halogens is 1. The van der Waals surface area contributed by atoms with Crippen LogP contribution in [0.3, 0.4) is 0 Å². The van der Waals surface area contributed by atoms with E-state index in [2.05, 4.69) is 28.5 Å². The van der Waals surface area contributed by atoms with Gasteiger partial charge in [-0.05, 0) is 50.1 Å². The molecule has 1 N–H and O–H groups in total. The van der Waals surface area contributed by atoms with E-state index in [1.54, 1.807) is 0 Å². The van der Waals surface area contributed by atoms with Crippen molar-refractivity contribution in [2.45, 2.75) is 20.3 Å². The first-order valence-corrected chi connectivity index (χ1v) is 8.77. The van der Waals surface area contributed by atoms with E-state index in [1.807, 2.05) is 44.3 Å². The smallest absolute Gasteiger partial charge is 0.134 e. The Bertz CT molecular complexity index is 1070. The lowest BCUT2D eigenvalue weighted by Crippen LogP contribution is -2.06. The summed E-state index contributed by atoms with van der Waals surface area (Å²) in [6, 6.07) is 14.2. The highest BCUT2D eigenvalue weighted by molar-refractivity contribution is 6.32. The minimum atomic E-state index is 0.748. The first-order chi connectivity index (χ1) is 12.1. The molecule has 0 saturated carbocycles. The van der Waals surface area contributed by atoms with Gasteiger partial charge in [0.1, 0.15) is 11.3 Å². The van der Waals surface area contributed by atoms with Crippen LogP contribution >= 0.6 is 11.6 Å². The second-order valence-corrected chi connectivity index (χ2v) is 6.69. The summed E-state index contributed by atoms with van der Waals surface area (Å²) in [5.74, 6) is 0.991. The molecule has 4 aromatic rings. The summed E-state index contributed by atoms with van der Waals surface area (Å²) in [6.07, 6.45) is 2.72. The van der Waals surface area contributed by atoms with E-state index >= 15 is 0 Å². The van der Waals surface area contributed by atoms with Crippen LogP contribution in [0.25, 0.3) is 21.9 Å². The van der Waals surface area contributed by atoms with Gasteiger partial charge in [-0.1, -0.05) is 29.8 Å². The van der Waals surface area contributed by atoms with E-state index in [0.717, 1.165) is 51.5 Å². The normalized spacial score (nSPS) is 11.3. The van der Waals surface area contributed by atoms with Gasteiger partial charge in [-0.3, -0.25) is 4.98 Å². The summed E-state index contributed by atoms with van der Waals surface area (Å²) in [7, 11) is 0. The van der Waals surface area contributed by atoms with Gasteiger partial charge in [0.2, 0.25) is 0 Å². The number of fused-ring (bicyclic) bond motifs is 2. The third-order valence-electron chi connectivity index (χ3n) is 4.61. The van der Waals surface area contributed by atoms with Gasteiger partial charge in [-0.15, -0.1) is 0 Å². The molecule has 2 aromatic heterocycles. The highest BCUT2D eigenvalue weighted by Crippen LogP contribution is 2.28. The highest BCUT2D eigenvalue weighted by Gasteiger charge is 2.10. The molecule has 25 heavy (non-hydrogen) atoms. The number of anilines is 1. The van der Waals surface area contributed by atoms with Crippen LogP contribution in [0.4, 0.5) is 5.69 Å². The lowest BCUT2D eigenvalue weighted by molar-refractivity contribution is 0.572. The largest absolute Gasteiger partial charge is 0.461 e. The molecular formula is C21H19ClN2O. The Kier molecular flexibility index (Phi) is 4.10. The van der Waals surface area contributed by atoms with Crippen molar-refractivity contribution < 1.29 is 4.42 Å². The molecule has 3 nitrogen and oxygen atoms in total. The average Bonchev–Trinajstić information content (AvgIpc) is 2.92. The number of nitrogens with one attached hydrogen (secondary N) is 1. The molecule has 2 heterocycles. The summed E-state index contributed by atoms with van der Waals surface area (Å²) in [6.45, 7) is 4.87. The van der Waals surface area contributed by atoms with Crippen LogP contribution in [0.2, 0.25) is 5.02 Å². The number of para-hydroxylation sites is 1. The molecule has 0 radical (unpaired) electrons. The van der Waals surface area contributed by atoms with E-state index in [-0.39, 0.29) is 0 Å². The number of hydrogen-bond donors (Lipinski definition) is 1. The summed E-state index contributed by atoms with van der Waals surface area (Å²) in [4.78, 5) is 4.42. The number of aromatic nitrogens is 1. The van der Waals surface area contributed by atoms with Gasteiger partial charge in [-0.2, -0.15) is 0 Å². The lowest BCUT2D eigenvalue weighted by Gasteiger charge is -2.11. The number of pyridine rings is 1. The number of rotatable bonds is 4. The van der Waals surface area contributed by atoms with Crippen molar-refractivity contribution in [1.82, 2.24) is 4.98 Å². The lowest BCUT2D eigenvalue weighted by atomic mass is 10.1. The zero-order valence-corrected chi connectivity index (χ0v) is 15.0. The van der Waals surface area contributed by atoms with Crippen molar-refractivity contribution in [2.75, 3.05) is 11.9 Å². The van der Waals surface area contributed by atoms with Gasteiger partial charge < -0.3 is 9.73 Å². The van der Waals surface area contributed by atoms with Crippen LogP contribution < -0.4 is 5.32 Å². The minimum absolute atomic E-state index is 0.748. The van der Waals surface area contributed by atoms with Crippen molar-refractivity contribution in [3.8, 4) is 0 Å². The molecule has 0 aliphatic carbocycles. The summed E-state index contributed by atoms with van der Waals surface area (Å²) in [5, 5.41) is 6.58. The number of nitrogens with zero attached hydrogens (tertiary/aromatic N) is 1. The predicted octanol–water partition coefficient (Wildman–Crippen LogP) is 5.91. The van der Waals surface area contributed by atoms with Crippen molar-refractivity contribution >= 4 is 39.2 Å². The van der Waals surface area contributed by atoms with Crippen LogP contribution in [0.1, 0.15) is 16.9 Å². The molecule has 0 atom stereocenters. The quantitative estimate of drug-likeness (QED) is 0.497. The number of aryl methyl sites for hydroxylation is 2. The van der Waals surface area contributed by atoms with E-state index in [0.29, 0.717) is 0 Å². The molecule has 0 saturated heterocycles. The van der Waals surface area contributed by atoms with Crippen LogP contribution in [0, 0.1) is 13.8 Å². The van der Waals surface area contributed by atoms with E-state index < -0.39 is 0 Å². The first kappa shape index (κ1) is 16.0. The first-order valence-electron chi connectivity index (χ1n) is 8.39. The molecule has 4 rings (SSSR count). The van der Waals surface area contributed by atoms with Crippen LogP contribution in [0.5, 0.6) is 0 Å². The summed E-state index contributed by atoms with van der Waals surface area (Å²) >= 11 is 6.21. The SMILES string of the molecule is Cc1cc2c(NCCc3c(C)oc4ccccc34)ccnc2cc1Cl. The topological polar surface area (TPSA) is 38.1 Å². The van der Waals surface area contributed by atoms with Crippen LogP contribution in [0.15, 0.2) is 53.1 Å². The van der Waals surface area contributed by atoms with Gasteiger partial charge in [-0.25, -0.2) is 0 Å². The second-order valence-electron chi connectivity index (χ2n) is 6.29. The van der Waals surface area contributed by atoms with E-state index in [9.17, 15) is 0 Å². The fraction of sp³-hybridized carbons (Fsp3) is 0.190. The Morgan fingerprint density at radius 2 is 1.92 bits per heavy atom. The van der Waals surface area contributed by atoms with Crippen molar-refractivity contribution in [3.63, 3.8) is 0 Å². The molecule has 2 aromatic carbocycles. The number of benzene rings is 2. The number of hydrogen-bond acceptors (Lipinski definition) is 3. The number of furan rings is 1. The monoisotopic (exact) mass is 350 g/mol. The zero-order chi connectivity index (χ0) is 17.4. The Balaban J connectivity index is 1.58. The Morgan fingerprint density at radius 3 is 2.80 bits per heavy atom. The summed E-state index contributed by atoms with van der Waals surface area (Å²) in [5.41, 5.74) is 5.26. The van der Waals surface area contributed by atoms with Crippen molar-refractivity contribution in [2.24, 2.45) is 0 Å². The van der Waals surface area contributed by atoms with Gasteiger partial charge in [0.25, 0.3) is 0 Å². The standard InChI is InChI=1S/C21H19ClN2O/c1-13-11-17-19(8-10-24-20(17)12-18(13)22)23-9-7-15-14(2)25-21-6-4-3-5-16(15)21/h3-6,8,10-12H,7,9H2,1-2H3,(H,23,24). The van der Waals surface area contributed by atoms with E-state index in [1.165, 1.54) is 10.9 Å². The van der Waals surface area contributed by atoms with Crippen molar-refractivity contribution in [1.29, 1.82) is 0 Å². The fourth-order valence-electron chi connectivity index (χ4n) is 3.28. The van der Waals surface area contributed by atoms with E-state index in [4.69, 9.17) is 16.0 Å². The van der Waals surface area contributed by atoms with Crippen LogP contribution in [-0.2, 0) is 6.42 Å². The maximum Gasteiger partial charge on any atom is 0.134 e. The fourth-order valence-corrected chi connectivity index (χ4v) is 3.44. The zero-order valence-electron chi connectivity index (χ0n) is 14.3. The Morgan fingerprint density at radius 1 is 1.08 bits per heavy atom. The molecule has 4 heteroatoms. The molecule has 0 bridgehead atoms. The molecule has 0 fully saturated rings. The molecule has 0 aliphatic rings. The molecule has 0 unspecified atom stereocenters. The molecule has 0 spiro atoms. The molecular weight excluding hydrogens is 332 g/mol. The minimum Gasteiger partial charge on any atom is -0.461 e. The molecule has 0 amide bonds. The van der Waals surface area contributed by atoms with Gasteiger partial charge in [0.15, 0.2) is 0 Å². The third-order valence-corrected chi connectivity index (χ3v) is 5.02. The highest BCUT2D eigenvalue weighted by atomic mass is 35.5. The van der Waals surface area contributed by atoms with Gasteiger partial charge in [0, 0.05) is 39.8 Å². The Labute approximate surface area is 151 Å². The summed E-state index contributed by atoms with van der Waals surface area (Å²) < 4.78 is 5.85. The molecule has 126 valence electrons. The Hall–Kier alpha value is -2.52. The van der Waals surface area contributed by atoms with Gasteiger partial charge >= 0.3 is 0 Å². The maximum absolute atomic E-state index is 6.21. The average molecular weight is 351 g/mol. The molecule has 0 aliphatic heterocycles. The van der Waals surface area contributed by atoms with Crippen LogP contribution in [-0.4, -0.2) is 11.5 Å². The van der Waals surface area contributed by atoms with Crippen molar-refractivity contribution in [3.05, 3.63) is 70.6 Å². The van der Waals surface area contributed by atoms with Gasteiger partial charge in [0.05, 0.1) is 5.52 Å². The predicted molar refractivity (Wildman–Crippen MR) is 105 cm³/mol. The third kappa shape index (κ3) is 2.96. The maximum atomic E-state index is 6.21.